The van der Waals surface area contributed by atoms with Crippen LogP contribution in [0.2, 0.25) is 0 Å². The molecule has 0 atom stereocenters. The Morgan fingerprint density at radius 1 is 1.21 bits per heavy atom. The number of carbonyl (C=O) groups is 1. The van der Waals surface area contributed by atoms with Crippen LogP contribution in [0, 0.1) is 0 Å². The molecule has 126 valence electrons. The first-order valence-electron chi connectivity index (χ1n) is 8.80. The first-order chi connectivity index (χ1) is 11.8. The highest BCUT2D eigenvalue weighted by Crippen LogP contribution is 2.31. The van der Waals surface area contributed by atoms with E-state index in [9.17, 15) is 4.79 Å². The van der Waals surface area contributed by atoms with Crippen LogP contribution in [0.5, 0.6) is 0 Å². The van der Waals surface area contributed by atoms with Crippen molar-refractivity contribution < 1.29 is 4.79 Å². The minimum atomic E-state index is 0.224. The van der Waals surface area contributed by atoms with Crippen LogP contribution in [0.25, 0.3) is 0 Å². The van der Waals surface area contributed by atoms with E-state index in [1.165, 1.54) is 34.8 Å². The van der Waals surface area contributed by atoms with Gasteiger partial charge in [-0.15, -0.1) is 11.3 Å². The number of carbonyl (C=O) groups excluding carboxylic acids is 1. The molecule has 1 amide bonds. The van der Waals surface area contributed by atoms with Gasteiger partial charge in [0.15, 0.2) is 0 Å². The first kappa shape index (κ1) is 14.6. The number of amides is 1. The van der Waals surface area contributed by atoms with Gasteiger partial charge in [0, 0.05) is 37.1 Å². The van der Waals surface area contributed by atoms with Crippen LogP contribution >= 0.6 is 11.3 Å². The van der Waals surface area contributed by atoms with Crippen molar-refractivity contribution in [2.75, 3.05) is 24.5 Å². The maximum absolute atomic E-state index is 11.8. The largest absolute Gasteiger partial charge is 0.309 e. The second-order valence-electron chi connectivity index (χ2n) is 7.01. The van der Waals surface area contributed by atoms with Gasteiger partial charge in [0.05, 0.1) is 30.2 Å². The predicted octanol–water partition coefficient (Wildman–Crippen LogP) is 2.01. The Labute approximate surface area is 145 Å². The number of hydrogen-bond acceptors (Lipinski definition) is 5. The molecule has 3 aliphatic rings. The molecule has 0 N–H and O–H groups in total. The van der Waals surface area contributed by atoms with E-state index in [1.807, 2.05) is 33.3 Å². The van der Waals surface area contributed by atoms with Gasteiger partial charge in [-0.25, -0.2) is 4.98 Å². The fourth-order valence-electron chi connectivity index (χ4n) is 3.93. The number of hydrogen-bond donors (Lipinski definition) is 0. The average Bonchev–Trinajstić information content (AvgIpc) is 3.25. The SMILES string of the molecule is O=C1CCCN1c1cnn(C2CN(Cc3nc4c(s3)CCC4)C2)c1. The fourth-order valence-corrected chi connectivity index (χ4v) is 5.13. The van der Waals surface area contributed by atoms with Gasteiger partial charge in [-0.3, -0.25) is 14.4 Å². The summed E-state index contributed by atoms with van der Waals surface area (Å²) in [5, 5.41) is 5.75. The summed E-state index contributed by atoms with van der Waals surface area (Å²) in [6.45, 7) is 3.82. The van der Waals surface area contributed by atoms with Crippen molar-refractivity contribution in [3.8, 4) is 0 Å². The highest BCUT2D eigenvalue weighted by Gasteiger charge is 2.31. The Morgan fingerprint density at radius 2 is 2.12 bits per heavy atom. The number of thiazole rings is 1. The average molecular weight is 343 g/mol. The second kappa shape index (κ2) is 5.67. The smallest absolute Gasteiger partial charge is 0.227 e. The quantitative estimate of drug-likeness (QED) is 0.852. The van der Waals surface area contributed by atoms with Crippen molar-refractivity contribution in [3.05, 3.63) is 28.0 Å². The summed E-state index contributed by atoms with van der Waals surface area (Å²) in [4.78, 5) is 22.4. The van der Waals surface area contributed by atoms with Crippen LogP contribution in [0.3, 0.4) is 0 Å². The predicted molar refractivity (Wildman–Crippen MR) is 92.3 cm³/mol. The highest BCUT2D eigenvalue weighted by atomic mass is 32.1. The van der Waals surface area contributed by atoms with E-state index in [0.29, 0.717) is 12.5 Å². The molecule has 5 rings (SSSR count). The Bertz CT molecular complexity index is 754. The zero-order chi connectivity index (χ0) is 16.1. The van der Waals surface area contributed by atoms with E-state index in [2.05, 4.69) is 10.00 Å². The molecular formula is C17H21N5OS. The van der Waals surface area contributed by atoms with E-state index in [4.69, 9.17) is 4.98 Å². The van der Waals surface area contributed by atoms with Crippen molar-refractivity contribution in [2.45, 2.75) is 44.7 Å². The molecule has 1 aliphatic carbocycles. The lowest BCUT2D eigenvalue weighted by Gasteiger charge is -2.38. The van der Waals surface area contributed by atoms with Crippen molar-refractivity contribution in [3.63, 3.8) is 0 Å². The van der Waals surface area contributed by atoms with Crippen LogP contribution in [0.15, 0.2) is 12.4 Å². The molecule has 4 heterocycles. The van der Waals surface area contributed by atoms with E-state index in [-0.39, 0.29) is 5.91 Å². The lowest BCUT2D eigenvalue weighted by atomic mass is 10.1. The standard InChI is InChI=1S/C17H21N5OS/c23-17-5-2-6-21(17)12-7-18-22(10-12)13-8-20(9-13)11-16-19-14-3-1-4-15(14)24-16/h7,10,13H,1-6,8-9,11H2. The molecule has 2 aromatic rings. The molecule has 2 aromatic heterocycles. The number of nitrogens with zero attached hydrogens (tertiary/aromatic N) is 5. The second-order valence-corrected chi connectivity index (χ2v) is 8.17. The van der Waals surface area contributed by atoms with Gasteiger partial charge in [0.25, 0.3) is 0 Å². The molecular weight excluding hydrogens is 322 g/mol. The summed E-state index contributed by atoms with van der Waals surface area (Å²) in [7, 11) is 0. The molecule has 2 aliphatic heterocycles. The lowest BCUT2D eigenvalue weighted by Crippen LogP contribution is -2.47. The number of anilines is 1. The normalized spacial score (nSPS) is 21.5. The van der Waals surface area contributed by atoms with Crippen LogP contribution in [-0.2, 0) is 24.2 Å². The van der Waals surface area contributed by atoms with Crippen LogP contribution in [0.4, 0.5) is 5.69 Å². The van der Waals surface area contributed by atoms with Gasteiger partial charge in [-0.2, -0.15) is 5.10 Å². The molecule has 6 nitrogen and oxygen atoms in total. The maximum Gasteiger partial charge on any atom is 0.227 e. The molecule has 0 saturated carbocycles. The number of rotatable bonds is 4. The third kappa shape index (κ3) is 2.46. The van der Waals surface area contributed by atoms with Gasteiger partial charge >= 0.3 is 0 Å². The highest BCUT2D eigenvalue weighted by molar-refractivity contribution is 7.11. The molecule has 7 heteroatoms. The van der Waals surface area contributed by atoms with Crippen LogP contribution in [-0.4, -0.2) is 45.2 Å². The monoisotopic (exact) mass is 343 g/mol. The number of likely N-dealkylation sites (tertiary alicyclic amines) is 1. The van der Waals surface area contributed by atoms with Gasteiger partial charge < -0.3 is 4.90 Å². The Kier molecular flexibility index (Phi) is 3.45. The van der Waals surface area contributed by atoms with Crippen molar-refractivity contribution in [1.82, 2.24) is 19.7 Å². The maximum atomic E-state index is 11.8. The van der Waals surface area contributed by atoms with Crippen LogP contribution in [0.1, 0.15) is 40.9 Å². The third-order valence-electron chi connectivity index (χ3n) is 5.28. The minimum absolute atomic E-state index is 0.224. The summed E-state index contributed by atoms with van der Waals surface area (Å²) in [6, 6.07) is 0.420. The molecule has 0 bridgehead atoms. The van der Waals surface area contributed by atoms with Gasteiger partial charge in [-0.05, 0) is 25.7 Å². The fraction of sp³-hybridized carbons (Fsp3) is 0.588. The van der Waals surface area contributed by atoms with Gasteiger partial charge in [0.2, 0.25) is 5.91 Å². The summed E-state index contributed by atoms with van der Waals surface area (Å²) < 4.78 is 2.03. The molecule has 0 aromatic carbocycles. The van der Waals surface area contributed by atoms with E-state index >= 15 is 0 Å². The Hall–Kier alpha value is -1.73. The Balaban J connectivity index is 1.19. The molecule has 2 saturated heterocycles. The molecule has 2 fully saturated rings. The van der Waals surface area contributed by atoms with E-state index < -0.39 is 0 Å². The summed E-state index contributed by atoms with van der Waals surface area (Å²) in [5.41, 5.74) is 2.30. The molecule has 0 spiro atoms. The number of aryl methyl sites for hydroxylation is 2. The van der Waals surface area contributed by atoms with Crippen molar-refractivity contribution >= 4 is 22.9 Å². The molecule has 0 radical (unpaired) electrons. The minimum Gasteiger partial charge on any atom is -0.309 e. The third-order valence-corrected chi connectivity index (χ3v) is 6.43. The summed E-state index contributed by atoms with van der Waals surface area (Å²) >= 11 is 1.90. The Morgan fingerprint density at radius 3 is 2.92 bits per heavy atom. The van der Waals surface area contributed by atoms with Crippen molar-refractivity contribution in [1.29, 1.82) is 0 Å². The van der Waals surface area contributed by atoms with Gasteiger partial charge in [-0.1, -0.05) is 0 Å². The zero-order valence-corrected chi connectivity index (χ0v) is 14.5. The number of fused-ring (bicyclic) bond motifs is 1. The van der Waals surface area contributed by atoms with Crippen LogP contribution < -0.4 is 4.90 Å². The first-order valence-corrected chi connectivity index (χ1v) is 9.62. The van der Waals surface area contributed by atoms with Gasteiger partial charge in [0.1, 0.15) is 5.01 Å². The molecule has 24 heavy (non-hydrogen) atoms. The summed E-state index contributed by atoms with van der Waals surface area (Å²) in [5.74, 6) is 0.224. The van der Waals surface area contributed by atoms with E-state index in [1.54, 1.807) is 0 Å². The lowest BCUT2D eigenvalue weighted by molar-refractivity contribution is -0.117. The topological polar surface area (TPSA) is 54.3 Å². The van der Waals surface area contributed by atoms with Crippen molar-refractivity contribution in [2.24, 2.45) is 0 Å². The van der Waals surface area contributed by atoms with E-state index in [0.717, 1.165) is 38.3 Å². The number of aromatic nitrogens is 3. The summed E-state index contributed by atoms with van der Waals surface area (Å²) in [6.07, 6.45) is 9.15. The molecule has 0 unspecified atom stereocenters. The zero-order valence-electron chi connectivity index (χ0n) is 13.6.